The van der Waals surface area contributed by atoms with Gasteiger partial charge < -0.3 is 9.80 Å². The van der Waals surface area contributed by atoms with Gasteiger partial charge in [0.15, 0.2) is 0 Å². The summed E-state index contributed by atoms with van der Waals surface area (Å²) in [7, 11) is 0. The number of carbonyl (C=O) groups excluding carboxylic acids is 2. The summed E-state index contributed by atoms with van der Waals surface area (Å²) < 4.78 is 13.4. The minimum Gasteiger partial charge on any atom is -0.333 e. The molecule has 0 aliphatic heterocycles. The molecule has 32 heavy (non-hydrogen) atoms. The Morgan fingerprint density at radius 2 is 1.66 bits per heavy atom. The zero-order valence-electron chi connectivity index (χ0n) is 20.3. The second-order valence-corrected chi connectivity index (χ2v) is 11.3. The van der Waals surface area contributed by atoms with Crippen molar-refractivity contribution >= 4 is 23.2 Å². The fourth-order valence-corrected chi connectivity index (χ4v) is 4.30. The highest BCUT2D eigenvalue weighted by atomic mass is 32.1. The largest absolute Gasteiger partial charge is 0.333 e. The number of halogens is 1. The second kappa shape index (κ2) is 11.6. The fraction of sp³-hybridized carbons (Fsp3) is 0.538. The van der Waals surface area contributed by atoms with Crippen molar-refractivity contribution in [2.24, 2.45) is 11.3 Å². The van der Waals surface area contributed by atoms with E-state index in [9.17, 15) is 14.0 Å². The molecule has 1 aromatic carbocycles. The van der Waals surface area contributed by atoms with Crippen LogP contribution < -0.4 is 0 Å². The Balaban J connectivity index is 2.22. The standard InChI is InChI=1S/C26H37FN2O2S/c1-7-19(2)15-28(24(30)14-26(4,5)6)18-25(31)29(17-23-13-8-20(3)32-23)16-21-9-11-22(27)12-10-21/h8-13,19H,7,14-18H2,1-6H3/t19-/m1/s1. The Kier molecular flexibility index (Phi) is 9.44. The Morgan fingerprint density at radius 3 is 2.19 bits per heavy atom. The molecule has 1 heterocycles. The molecule has 2 amide bonds. The third kappa shape index (κ3) is 8.73. The van der Waals surface area contributed by atoms with Gasteiger partial charge in [-0.05, 0) is 48.1 Å². The molecule has 0 saturated carbocycles. The van der Waals surface area contributed by atoms with Crippen LogP contribution in [0.25, 0.3) is 0 Å². The smallest absolute Gasteiger partial charge is 0.242 e. The number of amides is 2. The Bertz CT molecular complexity index is 886. The zero-order valence-corrected chi connectivity index (χ0v) is 21.1. The second-order valence-electron chi connectivity index (χ2n) is 9.91. The SMILES string of the molecule is CC[C@@H](C)CN(CC(=O)N(Cc1ccc(F)cc1)Cc1ccc(C)s1)C(=O)CC(C)(C)C. The molecular weight excluding hydrogens is 423 g/mol. The molecule has 1 aromatic heterocycles. The van der Waals surface area contributed by atoms with Crippen LogP contribution in [0.5, 0.6) is 0 Å². The summed E-state index contributed by atoms with van der Waals surface area (Å²) in [4.78, 5) is 32.2. The van der Waals surface area contributed by atoms with E-state index in [4.69, 9.17) is 0 Å². The molecule has 4 nitrogen and oxygen atoms in total. The van der Waals surface area contributed by atoms with Crippen molar-refractivity contribution in [1.29, 1.82) is 0 Å². The Hall–Kier alpha value is -2.21. The van der Waals surface area contributed by atoms with Gasteiger partial charge in [-0.1, -0.05) is 53.2 Å². The number of carbonyl (C=O) groups is 2. The molecule has 0 radical (unpaired) electrons. The molecule has 0 unspecified atom stereocenters. The van der Waals surface area contributed by atoms with E-state index >= 15 is 0 Å². The van der Waals surface area contributed by atoms with Crippen molar-refractivity contribution in [2.45, 2.75) is 67.5 Å². The zero-order chi connectivity index (χ0) is 23.9. The lowest BCUT2D eigenvalue weighted by Gasteiger charge is -2.31. The molecule has 0 saturated heterocycles. The van der Waals surface area contributed by atoms with Gasteiger partial charge in [-0.2, -0.15) is 0 Å². The summed E-state index contributed by atoms with van der Waals surface area (Å²) in [5.41, 5.74) is 0.721. The van der Waals surface area contributed by atoms with Gasteiger partial charge >= 0.3 is 0 Å². The first-order valence-electron chi connectivity index (χ1n) is 11.3. The van der Waals surface area contributed by atoms with Crippen molar-refractivity contribution in [3.05, 3.63) is 57.5 Å². The van der Waals surface area contributed by atoms with E-state index in [0.29, 0.717) is 32.0 Å². The third-order valence-corrected chi connectivity index (χ3v) is 6.36. The third-order valence-electron chi connectivity index (χ3n) is 5.37. The molecule has 0 spiro atoms. The van der Waals surface area contributed by atoms with Crippen molar-refractivity contribution in [2.75, 3.05) is 13.1 Å². The van der Waals surface area contributed by atoms with Gasteiger partial charge in [-0.3, -0.25) is 9.59 Å². The van der Waals surface area contributed by atoms with Crippen molar-refractivity contribution < 1.29 is 14.0 Å². The van der Waals surface area contributed by atoms with Gasteiger partial charge in [0, 0.05) is 29.3 Å². The quantitative estimate of drug-likeness (QED) is 0.434. The number of rotatable bonds is 10. The maximum atomic E-state index is 13.4. The lowest BCUT2D eigenvalue weighted by Crippen LogP contribution is -2.44. The minimum atomic E-state index is -0.298. The van der Waals surface area contributed by atoms with Crippen LogP contribution in [0.4, 0.5) is 4.39 Å². The predicted molar refractivity (Wildman–Crippen MR) is 130 cm³/mol. The first-order valence-corrected chi connectivity index (χ1v) is 12.1. The first-order chi connectivity index (χ1) is 15.0. The monoisotopic (exact) mass is 460 g/mol. The number of aryl methyl sites for hydroxylation is 1. The van der Waals surface area contributed by atoms with Crippen molar-refractivity contribution in [1.82, 2.24) is 9.80 Å². The minimum absolute atomic E-state index is 0.0138. The maximum Gasteiger partial charge on any atom is 0.242 e. The van der Waals surface area contributed by atoms with Gasteiger partial charge in [0.2, 0.25) is 11.8 Å². The average Bonchev–Trinajstić information content (AvgIpc) is 3.11. The lowest BCUT2D eigenvalue weighted by molar-refractivity contribution is -0.142. The summed E-state index contributed by atoms with van der Waals surface area (Å²) in [5.74, 6) is -0.0592. The topological polar surface area (TPSA) is 40.6 Å². The van der Waals surface area contributed by atoms with Crippen LogP contribution in [-0.4, -0.2) is 34.7 Å². The van der Waals surface area contributed by atoms with Crippen molar-refractivity contribution in [3.63, 3.8) is 0 Å². The van der Waals surface area contributed by atoms with Gasteiger partial charge in [0.1, 0.15) is 5.82 Å². The normalized spacial score (nSPS) is 12.5. The molecule has 0 bridgehead atoms. The van der Waals surface area contributed by atoms with Crippen LogP contribution in [-0.2, 0) is 22.7 Å². The fourth-order valence-electron chi connectivity index (χ4n) is 3.39. The molecule has 176 valence electrons. The molecule has 2 rings (SSSR count). The number of hydrogen-bond acceptors (Lipinski definition) is 3. The van der Waals surface area contributed by atoms with Gasteiger partial charge in [0.25, 0.3) is 0 Å². The number of nitrogens with zero attached hydrogens (tertiary/aromatic N) is 2. The summed E-state index contributed by atoms with van der Waals surface area (Å²) in [6.45, 7) is 13.8. The molecule has 0 aliphatic carbocycles. The van der Waals surface area contributed by atoms with E-state index in [1.54, 1.807) is 33.3 Å². The molecule has 0 N–H and O–H groups in total. The highest BCUT2D eigenvalue weighted by Gasteiger charge is 2.26. The van der Waals surface area contributed by atoms with Crippen LogP contribution in [0.3, 0.4) is 0 Å². The molecule has 0 fully saturated rings. The molecule has 0 aliphatic rings. The molecular formula is C26H37FN2O2S. The van der Waals surface area contributed by atoms with Crippen LogP contribution >= 0.6 is 11.3 Å². The number of hydrogen-bond donors (Lipinski definition) is 0. The van der Waals surface area contributed by atoms with E-state index in [0.717, 1.165) is 16.9 Å². The average molecular weight is 461 g/mol. The summed E-state index contributed by atoms with van der Waals surface area (Å²) in [5, 5.41) is 0. The van der Waals surface area contributed by atoms with E-state index in [1.807, 2.05) is 39.8 Å². The molecule has 6 heteroatoms. The van der Waals surface area contributed by atoms with Crippen molar-refractivity contribution in [3.8, 4) is 0 Å². The highest BCUT2D eigenvalue weighted by molar-refractivity contribution is 7.11. The van der Waals surface area contributed by atoms with Gasteiger partial charge in [-0.25, -0.2) is 4.39 Å². The Morgan fingerprint density at radius 1 is 1.00 bits per heavy atom. The van der Waals surface area contributed by atoms with Crippen LogP contribution in [0.15, 0.2) is 36.4 Å². The lowest BCUT2D eigenvalue weighted by atomic mass is 9.91. The predicted octanol–water partition coefficient (Wildman–Crippen LogP) is 6.04. The van der Waals surface area contributed by atoms with E-state index < -0.39 is 0 Å². The highest BCUT2D eigenvalue weighted by Crippen LogP contribution is 2.22. The van der Waals surface area contributed by atoms with Crippen LogP contribution in [0.2, 0.25) is 0 Å². The van der Waals surface area contributed by atoms with E-state index in [1.165, 1.54) is 17.0 Å². The first kappa shape index (κ1) is 26.0. The van der Waals surface area contributed by atoms with Gasteiger partial charge in [0.05, 0.1) is 13.1 Å². The van der Waals surface area contributed by atoms with Crippen LogP contribution in [0.1, 0.15) is 62.8 Å². The maximum absolute atomic E-state index is 13.4. The van der Waals surface area contributed by atoms with E-state index in [-0.39, 0.29) is 29.6 Å². The van der Waals surface area contributed by atoms with Gasteiger partial charge in [-0.15, -0.1) is 11.3 Å². The summed E-state index contributed by atoms with van der Waals surface area (Å²) in [6.07, 6.45) is 1.35. The number of benzene rings is 1. The summed E-state index contributed by atoms with van der Waals surface area (Å²) >= 11 is 1.66. The Labute approximate surface area is 196 Å². The van der Waals surface area contributed by atoms with Crippen LogP contribution in [0, 0.1) is 24.1 Å². The summed E-state index contributed by atoms with van der Waals surface area (Å²) in [6, 6.07) is 10.3. The molecule has 2 aromatic rings. The number of thiophene rings is 1. The molecule has 1 atom stereocenters. The van der Waals surface area contributed by atoms with E-state index in [2.05, 4.69) is 13.8 Å².